The van der Waals surface area contributed by atoms with Crippen molar-refractivity contribution >= 4 is 17.5 Å². The summed E-state index contributed by atoms with van der Waals surface area (Å²) in [4.78, 5) is 23.4. The molecule has 0 unspecified atom stereocenters. The number of nitrogens with one attached hydrogen (secondary N) is 2. The van der Waals surface area contributed by atoms with Crippen LogP contribution in [0.25, 0.3) is 0 Å². The Bertz CT molecular complexity index is 593. The van der Waals surface area contributed by atoms with Gasteiger partial charge in [0.25, 0.3) is 0 Å². The van der Waals surface area contributed by atoms with Crippen molar-refractivity contribution in [3.05, 3.63) is 48.4 Å². The second-order valence-corrected chi connectivity index (χ2v) is 3.92. The minimum atomic E-state index is -0.763. The Hall–Kier alpha value is -2.76. The largest absolute Gasteiger partial charge is 0.495 e. The van der Waals surface area contributed by atoms with Gasteiger partial charge in [0, 0.05) is 0 Å². The molecule has 2 amide bonds. The number of carbonyl (C=O) groups excluding carboxylic acids is 2. The molecule has 0 radical (unpaired) electrons. The lowest BCUT2D eigenvalue weighted by atomic mass is 10.3. The lowest BCUT2D eigenvalue weighted by Crippen LogP contribution is -2.34. The minimum Gasteiger partial charge on any atom is -0.495 e. The first-order valence-corrected chi connectivity index (χ1v) is 5.95. The number of ether oxygens (including phenoxy) is 1. The number of para-hydroxylation sites is 2. The zero-order chi connectivity index (χ0) is 14.4. The van der Waals surface area contributed by atoms with Crippen molar-refractivity contribution < 1.29 is 18.7 Å². The Balaban J connectivity index is 1.92. The van der Waals surface area contributed by atoms with E-state index in [4.69, 9.17) is 9.15 Å². The maximum absolute atomic E-state index is 11.7. The van der Waals surface area contributed by atoms with Gasteiger partial charge in [0.15, 0.2) is 0 Å². The lowest BCUT2D eigenvalue weighted by molar-refractivity contribution is -0.136. The van der Waals surface area contributed by atoms with Crippen molar-refractivity contribution in [3.8, 4) is 5.75 Å². The highest BCUT2D eigenvalue weighted by Crippen LogP contribution is 2.22. The van der Waals surface area contributed by atoms with Crippen molar-refractivity contribution in [2.45, 2.75) is 6.54 Å². The van der Waals surface area contributed by atoms with Crippen LogP contribution in [-0.4, -0.2) is 18.9 Å². The summed E-state index contributed by atoms with van der Waals surface area (Å²) >= 11 is 0. The molecule has 0 spiro atoms. The van der Waals surface area contributed by atoms with E-state index in [1.807, 2.05) is 0 Å². The van der Waals surface area contributed by atoms with Gasteiger partial charge in [-0.2, -0.15) is 0 Å². The molecular formula is C14H14N2O4. The summed E-state index contributed by atoms with van der Waals surface area (Å²) in [5, 5.41) is 4.94. The Morgan fingerprint density at radius 2 is 1.95 bits per heavy atom. The summed E-state index contributed by atoms with van der Waals surface area (Å²) in [6.45, 7) is 0.158. The van der Waals surface area contributed by atoms with E-state index in [2.05, 4.69) is 10.6 Å². The number of amides is 2. The smallest absolute Gasteiger partial charge is 0.313 e. The van der Waals surface area contributed by atoms with Crippen molar-refractivity contribution in [2.75, 3.05) is 12.4 Å². The molecule has 0 aliphatic rings. The van der Waals surface area contributed by atoms with Gasteiger partial charge in [0.05, 0.1) is 25.6 Å². The van der Waals surface area contributed by atoms with Crippen molar-refractivity contribution in [3.63, 3.8) is 0 Å². The molecule has 6 heteroatoms. The lowest BCUT2D eigenvalue weighted by Gasteiger charge is -2.09. The summed E-state index contributed by atoms with van der Waals surface area (Å²) in [5.74, 6) is -0.448. The average Bonchev–Trinajstić information content (AvgIpc) is 2.98. The van der Waals surface area contributed by atoms with Crippen LogP contribution in [0.5, 0.6) is 5.75 Å². The van der Waals surface area contributed by atoms with Crippen LogP contribution in [-0.2, 0) is 16.1 Å². The van der Waals surface area contributed by atoms with Gasteiger partial charge in [0.2, 0.25) is 0 Å². The average molecular weight is 274 g/mol. The summed E-state index contributed by atoms with van der Waals surface area (Å²) in [6.07, 6.45) is 1.50. The van der Waals surface area contributed by atoms with E-state index in [1.165, 1.54) is 13.4 Å². The van der Waals surface area contributed by atoms with Crippen LogP contribution >= 0.6 is 0 Å². The quantitative estimate of drug-likeness (QED) is 0.829. The van der Waals surface area contributed by atoms with Gasteiger partial charge in [-0.15, -0.1) is 0 Å². The van der Waals surface area contributed by atoms with E-state index in [0.29, 0.717) is 17.2 Å². The molecule has 1 heterocycles. The minimum absolute atomic E-state index is 0.158. The van der Waals surface area contributed by atoms with E-state index in [1.54, 1.807) is 36.4 Å². The summed E-state index contributed by atoms with van der Waals surface area (Å²) in [6, 6.07) is 10.3. The molecule has 0 fully saturated rings. The van der Waals surface area contributed by atoms with Crippen LogP contribution in [0.15, 0.2) is 47.1 Å². The number of anilines is 1. The highest BCUT2D eigenvalue weighted by atomic mass is 16.5. The molecular weight excluding hydrogens is 260 g/mol. The molecule has 104 valence electrons. The van der Waals surface area contributed by atoms with Gasteiger partial charge >= 0.3 is 11.8 Å². The van der Waals surface area contributed by atoms with Crippen LogP contribution in [0.4, 0.5) is 5.69 Å². The molecule has 6 nitrogen and oxygen atoms in total. The summed E-state index contributed by atoms with van der Waals surface area (Å²) in [7, 11) is 1.49. The molecule has 0 bridgehead atoms. The van der Waals surface area contributed by atoms with Gasteiger partial charge in [0.1, 0.15) is 11.5 Å². The molecule has 2 aromatic rings. The van der Waals surface area contributed by atoms with E-state index < -0.39 is 11.8 Å². The number of hydrogen-bond acceptors (Lipinski definition) is 4. The first-order chi connectivity index (χ1) is 9.70. The van der Waals surface area contributed by atoms with Crippen LogP contribution < -0.4 is 15.4 Å². The number of furan rings is 1. The van der Waals surface area contributed by atoms with Crippen molar-refractivity contribution in [1.29, 1.82) is 0 Å². The molecule has 2 rings (SSSR count). The van der Waals surface area contributed by atoms with E-state index >= 15 is 0 Å². The summed E-state index contributed by atoms with van der Waals surface area (Å²) in [5.41, 5.74) is 0.438. The molecule has 2 N–H and O–H groups in total. The number of benzene rings is 1. The van der Waals surface area contributed by atoms with Gasteiger partial charge in [-0.3, -0.25) is 9.59 Å². The normalized spacial score (nSPS) is 9.85. The third-order valence-electron chi connectivity index (χ3n) is 2.56. The second kappa shape index (κ2) is 6.42. The van der Waals surface area contributed by atoms with Gasteiger partial charge in [-0.1, -0.05) is 12.1 Å². The van der Waals surface area contributed by atoms with Crippen molar-refractivity contribution in [2.24, 2.45) is 0 Å². The van der Waals surface area contributed by atoms with E-state index in [0.717, 1.165) is 0 Å². The maximum Gasteiger partial charge on any atom is 0.313 e. The topological polar surface area (TPSA) is 80.6 Å². The number of rotatable bonds is 4. The van der Waals surface area contributed by atoms with Crippen LogP contribution in [0.1, 0.15) is 5.76 Å². The fraction of sp³-hybridized carbons (Fsp3) is 0.143. The number of hydrogen-bond donors (Lipinski definition) is 2. The summed E-state index contributed by atoms with van der Waals surface area (Å²) < 4.78 is 10.1. The first-order valence-electron chi connectivity index (χ1n) is 5.95. The van der Waals surface area contributed by atoms with Crippen LogP contribution in [0.2, 0.25) is 0 Å². The fourth-order valence-electron chi connectivity index (χ4n) is 1.59. The zero-order valence-electron chi connectivity index (χ0n) is 10.9. The third-order valence-corrected chi connectivity index (χ3v) is 2.56. The Morgan fingerprint density at radius 1 is 1.15 bits per heavy atom. The molecule has 1 aromatic heterocycles. The van der Waals surface area contributed by atoms with Crippen LogP contribution in [0, 0.1) is 0 Å². The van der Waals surface area contributed by atoms with E-state index in [9.17, 15) is 9.59 Å². The molecule has 1 aromatic carbocycles. The Morgan fingerprint density at radius 3 is 2.65 bits per heavy atom. The van der Waals surface area contributed by atoms with Crippen molar-refractivity contribution in [1.82, 2.24) is 5.32 Å². The number of carbonyl (C=O) groups is 2. The van der Waals surface area contributed by atoms with E-state index in [-0.39, 0.29) is 6.54 Å². The maximum atomic E-state index is 11.7. The van der Waals surface area contributed by atoms with Crippen LogP contribution in [0.3, 0.4) is 0 Å². The standard InChI is InChI=1S/C14H14N2O4/c1-19-12-7-3-2-6-11(12)16-14(18)13(17)15-9-10-5-4-8-20-10/h2-8H,9H2,1H3,(H,15,17)(H,16,18). The number of methoxy groups -OCH3 is 1. The first kappa shape index (κ1) is 13.7. The van der Waals surface area contributed by atoms with Gasteiger partial charge in [-0.05, 0) is 24.3 Å². The highest BCUT2D eigenvalue weighted by Gasteiger charge is 2.15. The molecule has 20 heavy (non-hydrogen) atoms. The fourth-order valence-corrected chi connectivity index (χ4v) is 1.59. The molecule has 0 atom stereocenters. The second-order valence-electron chi connectivity index (χ2n) is 3.92. The van der Waals surface area contributed by atoms with Gasteiger partial charge < -0.3 is 19.8 Å². The molecule has 0 aliphatic heterocycles. The Labute approximate surface area is 115 Å². The highest BCUT2D eigenvalue weighted by molar-refractivity contribution is 6.39. The van der Waals surface area contributed by atoms with Gasteiger partial charge in [-0.25, -0.2) is 0 Å². The predicted molar refractivity (Wildman–Crippen MR) is 72.2 cm³/mol. The molecule has 0 saturated carbocycles. The molecule has 0 aliphatic carbocycles. The SMILES string of the molecule is COc1ccccc1NC(=O)C(=O)NCc1ccco1. The predicted octanol–water partition coefficient (Wildman–Crippen LogP) is 1.54. The Kier molecular flexibility index (Phi) is 4.39. The molecule has 0 saturated heterocycles. The third kappa shape index (κ3) is 3.38. The zero-order valence-corrected chi connectivity index (χ0v) is 10.9. The monoisotopic (exact) mass is 274 g/mol.